The van der Waals surface area contributed by atoms with Crippen LogP contribution >= 0.6 is 11.8 Å². The molecule has 0 saturated carbocycles. The molecule has 1 aliphatic rings. The molecule has 1 aromatic rings. The Morgan fingerprint density at radius 2 is 2.21 bits per heavy atom. The lowest BCUT2D eigenvalue weighted by Crippen LogP contribution is -2.35. The van der Waals surface area contributed by atoms with Crippen molar-refractivity contribution in [2.75, 3.05) is 31.9 Å². The topological polar surface area (TPSA) is 45.2 Å². The summed E-state index contributed by atoms with van der Waals surface area (Å²) in [6, 6.07) is 4.08. The summed E-state index contributed by atoms with van der Waals surface area (Å²) in [5.41, 5.74) is 2.20. The first-order chi connectivity index (χ1) is 9.15. The lowest BCUT2D eigenvalue weighted by Gasteiger charge is -2.19. The quantitative estimate of drug-likeness (QED) is 0.854. The van der Waals surface area contributed by atoms with Gasteiger partial charge in [0.05, 0.1) is 10.8 Å². The van der Waals surface area contributed by atoms with Gasteiger partial charge in [-0.3, -0.25) is 4.79 Å². The van der Waals surface area contributed by atoms with Crippen molar-refractivity contribution in [2.24, 2.45) is 0 Å². The number of amides is 1. The maximum Gasteiger partial charge on any atom is 0.233 e. The van der Waals surface area contributed by atoms with E-state index in [1.54, 1.807) is 0 Å². The van der Waals surface area contributed by atoms with E-state index in [4.69, 9.17) is 0 Å². The Morgan fingerprint density at radius 1 is 1.37 bits per heavy atom. The second kappa shape index (κ2) is 6.91. The minimum Gasteiger partial charge on any atom is -0.341 e. The molecule has 0 unspecified atom stereocenters. The monoisotopic (exact) mass is 279 g/mol. The van der Waals surface area contributed by atoms with Crippen LogP contribution in [0.5, 0.6) is 0 Å². The highest BCUT2D eigenvalue weighted by Gasteiger charge is 2.15. The van der Waals surface area contributed by atoms with Gasteiger partial charge in [0.1, 0.15) is 0 Å². The average molecular weight is 279 g/mol. The SMILES string of the molecule is Cc1cc(C)nc(SCC(=O)N2CCCNCC2)c1. The number of aromatic nitrogens is 1. The molecule has 19 heavy (non-hydrogen) atoms. The number of aryl methyl sites for hydroxylation is 2. The van der Waals surface area contributed by atoms with Crippen LogP contribution in [0.2, 0.25) is 0 Å². The molecule has 0 bridgehead atoms. The summed E-state index contributed by atoms with van der Waals surface area (Å²) in [4.78, 5) is 18.5. The van der Waals surface area contributed by atoms with Crippen molar-refractivity contribution in [3.05, 3.63) is 23.4 Å². The second-order valence-electron chi connectivity index (χ2n) is 4.90. The number of thioether (sulfide) groups is 1. The summed E-state index contributed by atoms with van der Waals surface area (Å²) in [6.45, 7) is 7.64. The summed E-state index contributed by atoms with van der Waals surface area (Å²) < 4.78 is 0. The molecule has 1 N–H and O–H groups in total. The lowest BCUT2D eigenvalue weighted by molar-refractivity contribution is -0.128. The zero-order chi connectivity index (χ0) is 13.7. The fourth-order valence-electron chi connectivity index (χ4n) is 2.20. The van der Waals surface area contributed by atoms with Gasteiger partial charge in [0.2, 0.25) is 5.91 Å². The molecule has 1 aliphatic heterocycles. The molecular weight excluding hydrogens is 258 g/mol. The van der Waals surface area contributed by atoms with Gasteiger partial charge in [-0.2, -0.15) is 0 Å². The van der Waals surface area contributed by atoms with E-state index in [0.717, 1.165) is 43.3 Å². The van der Waals surface area contributed by atoms with Crippen molar-refractivity contribution in [2.45, 2.75) is 25.3 Å². The van der Waals surface area contributed by atoms with E-state index in [-0.39, 0.29) is 5.91 Å². The van der Waals surface area contributed by atoms with Crippen LogP contribution in [0.3, 0.4) is 0 Å². The molecule has 4 nitrogen and oxygen atoms in total. The number of rotatable bonds is 3. The third-order valence-corrected chi connectivity index (χ3v) is 4.01. The maximum absolute atomic E-state index is 12.1. The molecule has 1 aromatic heterocycles. The van der Waals surface area contributed by atoms with Gasteiger partial charge >= 0.3 is 0 Å². The number of nitrogens with zero attached hydrogens (tertiary/aromatic N) is 2. The Labute approximate surface area is 119 Å². The van der Waals surface area contributed by atoms with Crippen LogP contribution in [-0.4, -0.2) is 47.7 Å². The van der Waals surface area contributed by atoms with Gasteiger partial charge < -0.3 is 10.2 Å². The van der Waals surface area contributed by atoms with Gasteiger partial charge in [-0.25, -0.2) is 4.98 Å². The Kier molecular flexibility index (Phi) is 5.22. The molecule has 1 amide bonds. The number of pyridine rings is 1. The first-order valence-electron chi connectivity index (χ1n) is 6.72. The Morgan fingerprint density at radius 3 is 3.00 bits per heavy atom. The van der Waals surface area contributed by atoms with E-state index in [0.29, 0.717) is 5.75 Å². The van der Waals surface area contributed by atoms with E-state index < -0.39 is 0 Å². The fourth-order valence-corrected chi connectivity index (χ4v) is 3.13. The molecule has 0 aromatic carbocycles. The zero-order valence-corrected chi connectivity index (χ0v) is 12.4. The van der Waals surface area contributed by atoms with E-state index in [1.165, 1.54) is 17.3 Å². The number of hydrogen-bond acceptors (Lipinski definition) is 4. The van der Waals surface area contributed by atoms with Crippen molar-refractivity contribution in [3.8, 4) is 0 Å². The van der Waals surface area contributed by atoms with Gasteiger partial charge in [-0.05, 0) is 44.5 Å². The van der Waals surface area contributed by atoms with Crippen LogP contribution < -0.4 is 5.32 Å². The smallest absolute Gasteiger partial charge is 0.233 e. The molecule has 0 spiro atoms. The molecule has 2 rings (SSSR count). The van der Waals surface area contributed by atoms with Crippen LogP contribution in [-0.2, 0) is 4.79 Å². The van der Waals surface area contributed by atoms with Crippen LogP contribution in [0.1, 0.15) is 17.7 Å². The van der Waals surface area contributed by atoms with Crippen LogP contribution in [0, 0.1) is 13.8 Å². The van der Waals surface area contributed by atoms with E-state index in [1.807, 2.05) is 24.0 Å². The summed E-state index contributed by atoms with van der Waals surface area (Å²) in [7, 11) is 0. The Balaban J connectivity index is 1.88. The van der Waals surface area contributed by atoms with E-state index in [2.05, 4.69) is 17.2 Å². The predicted octanol–water partition coefficient (Wildman–Crippen LogP) is 1.61. The second-order valence-corrected chi connectivity index (χ2v) is 5.89. The predicted molar refractivity (Wildman–Crippen MR) is 78.5 cm³/mol. The van der Waals surface area contributed by atoms with Gasteiger partial charge in [0.15, 0.2) is 0 Å². The largest absolute Gasteiger partial charge is 0.341 e. The summed E-state index contributed by atoms with van der Waals surface area (Å²) in [6.07, 6.45) is 1.04. The number of carbonyl (C=O) groups is 1. The first-order valence-corrected chi connectivity index (χ1v) is 7.70. The third kappa shape index (κ3) is 4.51. The molecule has 0 radical (unpaired) electrons. The number of carbonyl (C=O) groups excluding carboxylic acids is 1. The molecule has 2 heterocycles. The standard InChI is InChI=1S/C14H21N3OS/c1-11-8-12(2)16-13(9-11)19-10-14(18)17-6-3-4-15-5-7-17/h8-9,15H,3-7,10H2,1-2H3. The highest BCUT2D eigenvalue weighted by molar-refractivity contribution is 7.99. The Bertz CT molecular complexity index is 422. The van der Waals surface area contributed by atoms with Crippen LogP contribution in [0.25, 0.3) is 0 Å². The van der Waals surface area contributed by atoms with Gasteiger partial charge in [0.25, 0.3) is 0 Å². The summed E-state index contributed by atoms with van der Waals surface area (Å²) in [5.74, 6) is 0.699. The minimum atomic E-state index is 0.217. The first kappa shape index (κ1) is 14.3. The highest BCUT2D eigenvalue weighted by atomic mass is 32.2. The zero-order valence-electron chi connectivity index (χ0n) is 11.6. The van der Waals surface area contributed by atoms with Gasteiger partial charge in [-0.1, -0.05) is 11.8 Å². The fraction of sp³-hybridized carbons (Fsp3) is 0.571. The van der Waals surface area contributed by atoms with Crippen LogP contribution in [0.4, 0.5) is 0 Å². The third-order valence-electron chi connectivity index (χ3n) is 3.11. The molecule has 0 atom stereocenters. The van der Waals surface area contributed by atoms with Crippen molar-refractivity contribution in [1.82, 2.24) is 15.2 Å². The number of hydrogen-bond donors (Lipinski definition) is 1. The van der Waals surface area contributed by atoms with Crippen molar-refractivity contribution >= 4 is 17.7 Å². The molecule has 104 valence electrons. The van der Waals surface area contributed by atoms with Gasteiger partial charge in [-0.15, -0.1) is 0 Å². The van der Waals surface area contributed by atoms with E-state index >= 15 is 0 Å². The lowest BCUT2D eigenvalue weighted by atomic mass is 10.3. The van der Waals surface area contributed by atoms with Gasteiger partial charge in [0, 0.05) is 25.3 Å². The van der Waals surface area contributed by atoms with Crippen LogP contribution in [0.15, 0.2) is 17.2 Å². The van der Waals surface area contributed by atoms with Crippen molar-refractivity contribution in [3.63, 3.8) is 0 Å². The van der Waals surface area contributed by atoms with Crippen molar-refractivity contribution in [1.29, 1.82) is 0 Å². The molecule has 1 fully saturated rings. The maximum atomic E-state index is 12.1. The average Bonchev–Trinajstić information content (AvgIpc) is 2.63. The summed E-state index contributed by atoms with van der Waals surface area (Å²) >= 11 is 1.53. The van der Waals surface area contributed by atoms with Crippen molar-refractivity contribution < 1.29 is 4.79 Å². The molecule has 0 aliphatic carbocycles. The summed E-state index contributed by atoms with van der Waals surface area (Å²) in [5, 5.41) is 4.25. The number of nitrogens with one attached hydrogen (secondary N) is 1. The normalized spacial score (nSPS) is 16.2. The molecular formula is C14H21N3OS. The minimum absolute atomic E-state index is 0.217. The van der Waals surface area contributed by atoms with E-state index in [9.17, 15) is 4.79 Å². The molecule has 5 heteroatoms. The highest BCUT2D eigenvalue weighted by Crippen LogP contribution is 2.18. The Hall–Kier alpha value is -1.07. The molecule has 1 saturated heterocycles.